The van der Waals surface area contributed by atoms with Crippen LogP contribution in [0, 0.1) is 10.1 Å². The molecule has 0 saturated heterocycles. The first-order valence-electron chi connectivity index (χ1n) is 4.17. The Bertz CT molecular complexity index is 377. The van der Waals surface area contributed by atoms with Crippen LogP contribution in [0.4, 0.5) is 5.69 Å². The lowest BCUT2D eigenvalue weighted by molar-refractivity contribution is -0.384. The van der Waals surface area contributed by atoms with Gasteiger partial charge in [0.15, 0.2) is 0 Å². The van der Waals surface area contributed by atoms with Gasteiger partial charge in [-0.25, -0.2) is 0 Å². The number of rotatable bonds is 4. The molecule has 0 saturated carbocycles. The van der Waals surface area contributed by atoms with Gasteiger partial charge in [-0.1, -0.05) is 12.1 Å². The maximum absolute atomic E-state index is 10.6. The van der Waals surface area contributed by atoms with Crippen LogP contribution >= 0.6 is 11.6 Å². The monoisotopic (exact) mass is 228 g/mol. The molecule has 1 amide bonds. The van der Waals surface area contributed by atoms with Crippen molar-refractivity contribution in [2.75, 3.05) is 0 Å². The van der Waals surface area contributed by atoms with Crippen molar-refractivity contribution < 1.29 is 9.72 Å². The molecule has 1 atom stereocenters. The highest BCUT2D eigenvalue weighted by atomic mass is 35.5. The van der Waals surface area contributed by atoms with E-state index in [0.717, 1.165) is 0 Å². The summed E-state index contributed by atoms with van der Waals surface area (Å²) in [6.45, 7) is 0. The summed E-state index contributed by atoms with van der Waals surface area (Å²) in [7, 11) is 0. The second kappa shape index (κ2) is 4.75. The van der Waals surface area contributed by atoms with Crippen molar-refractivity contribution in [2.45, 2.75) is 11.8 Å². The van der Waals surface area contributed by atoms with E-state index in [2.05, 4.69) is 0 Å². The van der Waals surface area contributed by atoms with Gasteiger partial charge >= 0.3 is 0 Å². The predicted octanol–water partition coefficient (Wildman–Crippen LogP) is 1.75. The molecule has 0 radical (unpaired) electrons. The van der Waals surface area contributed by atoms with E-state index >= 15 is 0 Å². The number of nitrogens with two attached hydrogens (primary N) is 1. The standard InChI is InChI=1S/C9H9ClN2O3/c10-8(5-9(11)13)6-1-3-7(4-2-6)12(14)15/h1-4,8H,5H2,(H2,11,13). The molecule has 6 heteroatoms. The Morgan fingerprint density at radius 2 is 2.00 bits per heavy atom. The molecule has 0 heterocycles. The minimum Gasteiger partial charge on any atom is -0.370 e. The number of carbonyl (C=O) groups excluding carboxylic acids is 1. The van der Waals surface area contributed by atoms with E-state index in [0.29, 0.717) is 5.56 Å². The average molecular weight is 229 g/mol. The Morgan fingerprint density at radius 1 is 1.47 bits per heavy atom. The molecule has 5 nitrogen and oxygen atoms in total. The normalized spacial score (nSPS) is 12.1. The first-order valence-corrected chi connectivity index (χ1v) is 4.61. The van der Waals surface area contributed by atoms with E-state index in [9.17, 15) is 14.9 Å². The molecule has 1 aromatic carbocycles. The fourth-order valence-corrected chi connectivity index (χ4v) is 1.40. The molecular weight excluding hydrogens is 220 g/mol. The van der Waals surface area contributed by atoms with E-state index in [1.54, 1.807) is 0 Å². The Kier molecular flexibility index (Phi) is 3.62. The quantitative estimate of drug-likeness (QED) is 0.484. The van der Waals surface area contributed by atoms with Crippen LogP contribution in [0.3, 0.4) is 0 Å². The Hall–Kier alpha value is -1.62. The highest BCUT2D eigenvalue weighted by molar-refractivity contribution is 6.21. The van der Waals surface area contributed by atoms with Crippen molar-refractivity contribution in [1.82, 2.24) is 0 Å². The second-order valence-electron chi connectivity index (χ2n) is 2.99. The molecule has 1 unspecified atom stereocenters. The number of non-ortho nitro benzene ring substituents is 1. The molecule has 0 fully saturated rings. The maximum Gasteiger partial charge on any atom is 0.269 e. The van der Waals surface area contributed by atoms with Gasteiger partial charge in [0.2, 0.25) is 5.91 Å². The van der Waals surface area contributed by atoms with Crippen LogP contribution in [0.15, 0.2) is 24.3 Å². The van der Waals surface area contributed by atoms with Crippen LogP contribution in [0.25, 0.3) is 0 Å². The van der Waals surface area contributed by atoms with E-state index in [1.165, 1.54) is 24.3 Å². The SMILES string of the molecule is NC(=O)CC(Cl)c1ccc([N+](=O)[O-])cc1. The first-order chi connectivity index (χ1) is 7.00. The van der Waals surface area contributed by atoms with E-state index in [1.807, 2.05) is 0 Å². The molecule has 1 aromatic rings. The van der Waals surface area contributed by atoms with Crippen LogP contribution < -0.4 is 5.73 Å². The van der Waals surface area contributed by atoms with Crippen molar-refractivity contribution in [3.05, 3.63) is 39.9 Å². The number of hydrogen-bond donors (Lipinski definition) is 1. The van der Waals surface area contributed by atoms with Crippen molar-refractivity contribution in [1.29, 1.82) is 0 Å². The number of hydrogen-bond acceptors (Lipinski definition) is 3. The highest BCUT2D eigenvalue weighted by Gasteiger charge is 2.12. The summed E-state index contributed by atoms with van der Waals surface area (Å²) in [6.07, 6.45) is 0.0133. The molecule has 15 heavy (non-hydrogen) atoms. The van der Waals surface area contributed by atoms with Crippen LogP contribution in [0.1, 0.15) is 17.4 Å². The zero-order valence-corrected chi connectivity index (χ0v) is 8.48. The highest BCUT2D eigenvalue weighted by Crippen LogP contribution is 2.25. The third kappa shape index (κ3) is 3.21. The lowest BCUT2D eigenvalue weighted by atomic mass is 10.1. The Balaban J connectivity index is 2.79. The molecule has 2 N–H and O–H groups in total. The minimum atomic E-state index is -0.539. The zero-order chi connectivity index (χ0) is 11.4. The summed E-state index contributed by atoms with van der Waals surface area (Å²) in [5, 5.41) is 9.82. The zero-order valence-electron chi connectivity index (χ0n) is 7.72. The van der Waals surface area contributed by atoms with Gasteiger partial charge in [-0.15, -0.1) is 11.6 Å². The van der Waals surface area contributed by atoms with Gasteiger partial charge < -0.3 is 5.73 Å². The fourth-order valence-electron chi connectivity index (χ4n) is 1.10. The molecule has 0 aliphatic rings. The number of alkyl halides is 1. The number of benzene rings is 1. The smallest absolute Gasteiger partial charge is 0.269 e. The van der Waals surface area contributed by atoms with Crippen LogP contribution in [0.5, 0.6) is 0 Å². The lowest BCUT2D eigenvalue weighted by Gasteiger charge is -2.06. The topological polar surface area (TPSA) is 86.2 Å². The first kappa shape index (κ1) is 11.5. The predicted molar refractivity (Wildman–Crippen MR) is 55.5 cm³/mol. The van der Waals surface area contributed by atoms with Gasteiger partial charge in [0, 0.05) is 18.6 Å². The molecule has 0 bridgehead atoms. The second-order valence-corrected chi connectivity index (χ2v) is 3.51. The third-order valence-electron chi connectivity index (χ3n) is 1.85. The van der Waals surface area contributed by atoms with E-state index in [4.69, 9.17) is 17.3 Å². The summed E-state index contributed by atoms with van der Waals surface area (Å²) in [4.78, 5) is 20.4. The van der Waals surface area contributed by atoms with Gasteiger partial charge in [0.05, 0.1) is 10.3 Å². The lowest BCUT2D eigenvalue weighted by Crippen LogP contribution is -2.12. The molecule has 80 valence electrons. The van der Waals surface area contributed by atoms with Gasteiger partial charge in [-0.2, -0.15) is 0 Å². The van der Waals surface area contributed by atoms with Crippen molar-refractivity contribution >= 4 is 23.2 Å². The van der Waals surface area contributed by atoms with Crippen LogP contribution in [0.2, 0.25) is 0 Å². The fraction of sp³-hybridized carbons (Fsp3) is 0.222. The van der Waals surface area contributed by atoms with Crippen molar-refractivity contribution in [2.24, 2.45) is 5.73 Å². The van der Waals surface area contributed by atoms with E-state index in [-0.39, 0.29) is 12.1 Å². The minimum absolute atomic E-state index is 0.0123. The third-order valence-corrected chi connectivity index (χ3v) is 2.25. The molecule has 0 aromatic heterocycles. The summed E-state index contributed by atoms with van der Waals surface area (Å²) in [5.41, 5.74) is 5.60. The molecule has 0 spiro atoms. The van der Waals surface area contributed by atoms with Gasteiger partial charge in [0.25, 0.3) is 5.69 Å². The summed E-state index contributed by atoms with van der Waals surface area (Å²) in [6, 6.07) is 5.70. The number of carbonyl (C=O) groups is 1. The molecule has 0 aliphatic heterocycles. The van der Waals surface area contributed by atoms with Gasteiger partial charge in [-0.3, -0.25) is 14.9 Å². The number of nitro benzene ring substituents is 1. The number of nitro groups is 1. The van der Waals surface area contributed by atoms with Gasteiger partial charge in [-0.05, 0) is 5.56 Å². The summed E-state index contributed by atoms with van der Waals surface area (Å²) in [5.74, 6) is -0.506. The van der Waals surface area contributed by atoms with E-state index < -0.39 is 16.2 Å². The molecular formula is C9H9ClN2O3. The number of primary amides is 1. The Labute approximate surface area is 91.0 Å². The summed E-state index contributed by atoms with van der Waals surface area (Å²) < 4.78 is 0. The molecule has 1 rings (SSSR count). The number of halogens is 1. The maximum atomic E-state index is 10.6. The largest absolute Gasteiger partial charge is 0.370 e. The Morgan fingerprint density at radius 3 is 2.40 bits per heavy atom. The molecule has 0 aliphatic carbocycles. The number of nitrogens with zero attached hydrogens (tertiary/aromatic N) is 1. The van der Waals surface area contributed by atoms with Gasteiger partial charge in [0.1, 0.15) is 0 Å². The van der Waals surface area contributed by atoms with Crippen molar-refractivity contribution in [3.8, 4) is 0 Å². The summed E-state index contributed by atoms with van der Waals surface area (Å²) >= 11 is 5.86. The van der Waals surface area contributed by atoms with Crippen LogP contribution in [-0.4, -0.2) is 10.8 Å². The number of amides is 1. The van der Waals surface area contributed by atoms with Crippen LogP contribution in [-0.2, 0) is 4.79 Å². The van der Waals surface area contributed by atoms with Crippen molar-refractivity contribution in [3.63, 3.8) is 0 Å². The average Bonchev–Trinajstić information content (AvgIpc) is 2.17.